The zero-order chi connectivity index (χ0) is 12.4. The van der Waals surface area contributed by atoms with Gasteiger partial charge in [-0.15, -0.1) is 0 Å². The fraction of sp³-hybridized carbons (Fsp3) is 0.583. The van der Waals surface area contributed by atoms with E-state index in [0.717, 1.165) is 25.2 Å². The van der Waals surface area contributed by atoms with Gasteiger partial charge in [0.2, 0.25) is 5.95 Å². The third-order valence-electron chi connectivity index (χ3n) is 3.13. The van der Waals surface area contributed by atoms with Gasteiger partial charge < -0.3 is 9.80 Å². The van der Waals surface area contributed by atoms with Gasteiger partial charge in [0.05, 0.1) is 0 Å². The van der Waals surface area contributed by atoms with Crippen molar-refractivity contribution in [3.05, 3.63) is 17.5 Å². The maximum Gasteiger partial charge on any atom is 0.226 e. The molecule has 1 aliphatic rings. The first-order chi connectivity index (χ1) is 8.10. The fourth-order valence-electron chi connectivity index (χ4n) is 2.10. The normalized spacial score (nSPS) is 19.7. The van der Waals surface area contributed by atoms with Crippen molar-refractivity contribution in [2.45, 2.75) is 19.4 Å². The van der Waals surface area contributed by atoms with Gasteiger partial charge in [0.1, 0.15) is 11.8 Å². The number of nitriles is 1. The molecule has 0 bridgehead atoms. The van der Waals surface area contributed by atoms with Crippen molar-refractivity contribution in [3.8, 4) is 6.07 Å². The molecule has 1 aromatic heterocycles. The lowest BCUT2D eigenvalue weighted by Crippen LogP contribution is -2.32. The Morgan fingerprint density at radius 3 is 2.82 bits per heavy atom. The quantitative estimate of drug-likeness (QED) is 0.753. The van der Waals surface area contributed by atoms with Crippen molar-refractivity contribution in [2.75, 3.05) is 32.1 Å². The molecule has 1 atom stereocenters. The van der Waals surface area contributed by atoms with Crippen LogP contribution in [0.25, 0.3) is 0 Å². The largest absolute Gasteiger partial charge is 0.339 e. The van der Waals surface area contributed by atoms with Crippen molar-refractivity contribution in [3.63, 3.8) is 0 Å². The minimum atomic E-state index is 0.445. The summed E-state index contributed by atoms with van der Waals surface area (Å²) in [6.45, 7) is 3.78. The van der Waals surface area contributed by atoms with Crippen LogP contribution in [-0.2, 0) is 0 Å². The van der Waals surface area contributed by atoms with E-state index in [1.54, 1.807) is 6.07 Å². The van der Waals surface area contributed by atoms with Crippen LogP contribution in [0.15, 0.2) is 6.07 Å². The first-order valence-electron chi connectivity index (χ1n) is 5.77. The Morgan fingerprint density at radius 1 is 1.47 bits per heavy atom. The predicted octanol–water partition coefficient (Wildman–Crippen LogP) is 0.797. The number of nitrogens with zero attached hydrogens (tertiary/aromatic N) is 5. The second kappa shape index (κ2) is 4.68. The van der Waals surface area contributed by atoms with Gasteiger partial charge in [-0.3, -0.25) is 0 Å². The summed E-state index contributed by atoms with van der Waals surface area (Å²) in [7, 11) is 4.18. The Hall–Kier alpha value is -1.67. The van der Waals surface area contributed by atoms with Gasteiger partial charge >= 0.3 is 0 Å². The molecule has 0 N–H and O–H groups in total. The maximum absolute atomic E-state index is 8.90. The molecule has 0 spiro atoms. The van der Waals surface area contributed by atoms with Gasteiger partial charge in [-0.2, -0.15) is 5.26 Å². The Balaban J connectivity index is 2.19. The molecule has 90 valence electrons. The van der Waals surface area contributed by atoms with Crippen LogP contribution in [-0.4, -0.2) is 48.1 Å². The average Bonchev–Trinajstić information content (AvgIpc) is 2.77. The Kier molecular flexibility index (Phi) is 3.25. The second-order valence-electron chi connectivity index (χ2n) is 4.66. The van der Waals surface area contributed by atoms with E-state index in [2.05, 4.69) is 39.9 Å². The summed E-state index contributed by atoms with van der Waals surface area (Å²) in [5, 5.41) is 8.90. The standard InChI is InChI=1S/C12H17N5/c1-9-6-10(7-13)15-12(14-9)17-5-4-11(8-17)16(2)3/h6,11H,4-5,8H2,1-3H3/t11-/m0/s1. The van der Waals surface area contributed by atoms with Crippen LogP contribution < -0.4 is 4.90 Å². The van der Waals surface area contributed by atoms with Crippen LogP contribution in [0.4, 0.5) is 5.95 Å². The van der Waals surface area contributed by atoms with Crippen LogP contribution in [0.5, 0.6) is 0 Å². The van der Waals surface area contributed by atoms with E-state index in [1.165, 1.54) is 0 Å². The molecule has 0 aromatic carbocycles. The van der Waals surface area contributed by atoms with Crippen LogP contribution in [0.1, 0.15) is 17.8 Å². The summed E-state index contributed by atoms with van der Waals surface area (Å²) in [6, 6.07) is 4.33. The molecule has 5 nitrogen and oxygen atoms in total. The monoisotopic (exact) mass is 231 g/mol. The van der Waals surface area contributed by atoms with E-state index in [1.807, 2.05) is 6.92 Å². The maximum atomic E-state index is 8.90. The number of hydrogen-bond donors (Lipinski definition) is 0. The number of hydrogen-bond acceptors (Lipinski definition) is 5. The number of aryl methyl sites for hydroxylation is 1. The lowest BCUT2D eigenvalue weighted by Gasteiger charge is -2.20. The van der Waals surface area contributed by atoms with Crippen molar-refractivity contribution >= 4 is 5.95 Å². The van der Waals surface area contributed by atoms with Crippen molar-refractivity contribution in [1.29, 1.82) is 5.26 Å². The highest BCUT2D eigenvalue weighted by molar-refractivity contribution is 5.37. The Morgan fingerprint density at radius 2 is 2.24 bits per heavy atom. The highest BCUT2D eigenvalue weighted by atomic mass is 15.3. The number of rotatable bonds is 2. The van der Waals surface area contributed by atoms with Gasteiger partial charge in [-0.05, 0) is 33.5 Å². The van der Waals surface area contributed by atoms with Crippen LogP contribution in [0, 0.1) is 18.3 Å². The summed E-state index contributed by atoms with van der Waals surface area (Å²) >= 11 is 0. The summed E-state index contributed by atoms with van der Waals surface area (Å²) in [6.07, 6.45) is 1.12. The number of aromatic nitrogens is 2. The van der Waals surface area contributed by atoms with E-state index in [9.17, 15) is 0 Å². The molecule has 2 rings (SSSR count). The van der Waals surface area contributed by atoms with E-state index in [4.69, 9.17) is 5.26 Å². The minimum absolute atomic E-state index is 0.445. The van der Waals surface area contributed by atoms with Gasteiger partial charge in [-0.1, -0.05) is 0 Å². The Labute approximate surface area is 102 Å². The topological polar surface area (TPSA) is 56.1 Å². The number of likely N-dealkylation sites (N-methyl/N-ethyl adjacent to an activating group) is 1. The molecule has 0 saturated carbocycles. The summed E-state index contributed by atoms with van der Waals surface area (Å²) in [5.74, 6) is 0.686. The van der Waals surface area contributed by atoms with Crippen LogP contribution in [0.2, 0.25) is 0 Å². The van der Waals surface area contributed by atoms with Gasteiger partial charge in [0.25, 0.3) is 0 Å². The predicted molar refractivity (Wildman–Crippen MR) is 65.8 cm³/mol. The van der Waals surface area contributed by atoms with Gasteiger partial charge in [0, 0.05) is 24.8 Å². The Bertz CT molecular complexity index is 449. The summed E-state index contributed by atoms with van der Waals surface area (Å²) in [4.78, 5) is 13.0. The molecule has 17 heavy (non-hydrogen) atoms. The van der Waals surface area contributed by atoms with E-state index < -0.39 is 0 Å². The lowest BCUT2D eigenvalue weighted by molar-refractivity contribution is 0.315. The second-order valence-corrected chi connectivity index (χ2v) is 4.66. The molecular weight excluding hydrogens is 214 g/mol. The third kappa shape index (κ3) is 2.53. The molecule has 0 amide bonds. The molecular formula is C12H17N5. The summed E-state index contributed by atoms with van der Waals surface area (Å²) < 4.78 is 0. The van der Waals surface area contributed by atoms with Gasteiger partial charge in [0.15, 0.2) is 0 Å². The fourth-order valence-corrected chi connectivity index (χ4v) is 2.10. The zero-order valence-corrected chi connectivity index (χ0v) is 10.5. The molecule has 0 aliphatic carbocycles. The molecule has 0 radical (unpaired) electrons. The van der Waals surface area contributed by atoms with E-state index >= 15 is 0 Å². The molecule has 5 heteroatoms. The smallest absolute Gasteiger partial charge is 0.226 e. The highest BCUT2D eigenvalue weighted by Crippen LogP contribution is 2.19. The van der Waals surface area contributed by atoms with E-state index in [0.29, 0.717) is 17.7 Å². The van der Waals surface area contributed by atoms with E-state index in [-0.39, 0.29) is 0 Å². The first kappa shape index (κ1) is 11.8. The lowest BCUT2D eigenvalue weighted by atomic mass is 10.2. The van der Waals surface area contributed by atoms with Crippen molar-refractivity contribution in [2.24, 2.45) is 0 Å². The van der Waals surface area contributed by atoms with Crippen molar-refractivity contribution in [1.82, 2.24) is 14.9 Å². The molecule has 1 aliphatic heterocycles. The zero-order valence-electron chi connectivity index (χ0n) is 10.5. The first-order valence-corrected chi connectivity index (χ1v) is 5.77. The van der Waals surface area contributed by atoms with Crippen molar-refractivity contribution < 1.29 is 0 Å². The van der Waals surface area contributed by atoms with Gasteiger partial charge in [-0.25, -0.2) is 9.97 Å². The van der Waals surface area contributed by atoms with Crippen LogP contribution >= 0.6 is 0 Å². The highest BCUT2D eigenvalue weighted by Gasteiger charge is 2.25. The average molecular weight is 231 g/mol. The third-order valence-corrected chi connectivity index (χ3v) is 3.13. The minimum Gasteiger partial charge on any atom is -0.339 e. The SMILES string of the molecule is Cc1cc(C#N)nc(N2CC[C@H](N(C)C)C2)n1. The molecule has 1 fully saturated rings. The van der Waals surface area contributed by atoms with Crippen LogP contribution in [0.3, 0.4) is 0 Å². The molecule has 1 aromatic rings. The summed E-state index contributed by atoms with van der Waals surface area (Å²) in [5.41, 5.74) is 1.29. The molecule has 0 unspecified atom stereocenters. The molecule has 1 saturated heterocycles. The number of anilines is 1. The molecule has 2 heterocycles.